The van der Waals surface area contributed by atoms with Gasteiger partial charge < -0.3 is 30.7 Å². The second-order valence-electron chi connectivity index (χ2n) is 4.44. The minimum Gasteiger partial charge on any atom is -0.394 e. The number of hydrogen-bond donors (Lipinski definition) is 5. The van der Waals surface area contributed by atoms with Crippen molar-refractivity contribution in [2.45, 2.75) is 24.5 Å². The van der Waals surface area contributed by atoms with Crippen LogP contribution in [0.5, 0.6) is 0 Å². The van der Waals surface area contributed by atoms with Crippen LogP contribution >= 0.6 is 0 Å². The Morgan fingerprint density at radius 2 is 2.20 bits per heavy atom. The van der Waals surface area contributed by atoms with Crippen LogP contribution in [-0.4, -0.2) is 63.5 Å². The van der Waals surface area contributed by atoms with E-state index in [4.69, 9.17) is 9.84 Å². The van der Waals surface area contributed by atoms with Crippen LogP contribution in [-0.2, 0) is 4.74 Å². The van der Waals surface area contributed by atoms with E-state index in [0.29, 0.717) is 12.5 Å². The van der Waals surface area contributed by atoms with Gasteiger partial charge in [-0.15, -0.1) is 0 Å². The predicted octanol–water partition coefficient (Wildman–Crippen LogP) is -2.56. The van der Waals surface area contributed by atoms with Crippen LogP contribution in [0, 0.1) is 0 Å². The molecular weight excluding hydrogens is 268 g/mol. The number of nitrogens with zero attached hydrogens (tertiary/aromatic N) is 2. The fraction of sp³-hybridized carbons (Fsp3) is 0.636. The van der Waals surface area contributed by atoms with Gasteiger partial charge in [0.2, 0.25) is 0 Å². The van der Waals surface area contributed by atoms with E-state index in [-0.39, 0.29) is 0 Å². The van der Waals surface area contributed by atoms with Gasteiger partial charge in [0.15, 0.2) is 6.23 Å². The lowest BCUT2D eigenvalue weighted by Crippen LogP contribution is -2.36. The summed E-state index contributed by atoms with van der Waals surface area (Å²) in [6, 6.07) is 1.55. The Labute approximate surface area is 114 Å². The average Bonchev–Trinajstić information content (AvgIpc) is 2.73. The molecule has 1 saturated heterocycles. The van der Waals surface area contributed by atoms with Gasteiger partial charge >= 0.3 is 5.69 Å². The summed E-state index contributed by atoms with van der Waals surface area (Å²) in [5, 5.41) is 34.2. The summed E-state index contributed by atoms with van der Waals surface area (Å²) in [6.07, 6.45) is -3.14. The number of aromatic nitrogens is 2. The monoisotopic (exact) mass is 286 g/mol. The highest BCUT2D eigenvalue weighted by Gasteiger charge is 2.43. The van der Waals surface area contributed by atoms with Gasteiger partial charge in [-0.3, -0.25) is 4.57 Å². The second-order valence-corrected chi connectivity index (χ2v) is 4.44. The molecule has 1 aromatic rings. The number of rotatable bonds is 5. The standard InChI is InChI=1S/C11H18N4O5/c1-12-5-13-7-2-3-15(11(19)14-7)10-9(18)8(17)6(4-16)20-10/h2-3,6,8-10,12,16-18H,4-5H2,1H3,(H,13,14,19). The number of anilines is 1. The quantitative estimate of drug-likeness (QED) is 0.374. The van der Waals surface area contributed by atoms with Crippen molar-refractivity contribution in [2.24, 2.45) is 0 Å². The Bertz CT molecular complexity index is 508. The minimum atomic E-state index is -1.30. The molecule has 1 fully saturated rings. The average molecular weight is 286 g/mol. The molecule has 4 unspecified atom stereocenters. The molecule has 1 aliphatic heterocycles. The molecule has 0 spiro atoms. The van der Waals surface area contributed by atoms with Gasteiger partial charge in [0, 0.05) is 6.20 Å². The molecule has 4 atom stereocenters. The van der Waals surface area contributed by atoms with Crippen LogP contribution < -0.4 is 16.3 Å². The third-order valence-electron chi connectivity index (χ3n) is 3.07. The maximum Gasteiger partial charge on any atom is 0.351 e. The Morgan fingerprint density at radius 1 is 1.45 bits per heavy atom. The largest absolute Gasteiger partial charge is 0.394 e. The first-order chi connectivity index (χ1) is 9.58. The van der Waals surface area contributed by atoms with Crippen molar-refractivity contribution in [3.63, 3.8) is 0 Å². The van der Waals surface area contributed by atoms with E-state index in [1.54, 1.807) is 13.1 Å². The topological polar surface area (TPSA) is 129 Å². The normalized spacial score (nSPS) is 29.6. The van der Waals surface area contributed by atoms with Crippen LogP contribution in [0.25, 0.3) is 0 Å². The molecule has 0 aromatic carbocycles. The van der Waals surface area contributed by atoms with Crippen molar-refractivity contribution in [3.8, 4) is 0 Å². The van der Waals surface area contributed by atoms with Gasteiger partial charge in [0.1, 0.15) is 24.1 Å². The van der Waals surface area contributed by atoms with Crippen molar-refractivity contribution in [2.75, 3.05) is 25.6 Å². The predicted molar refractivity (Wildman–Crippen MR) is 69.1 cm³/mol. The highest BCUT2D eigenvalue weighted by molar-refractivity contribution is 5.31. The van der Waals surface area contributed by atoms with E-state index in [9.17, 15) is 15.0 Å². The SMILES string of the molecule is CNCNc1ccn(C2OC(CO)C(O)C2O)c(=O)n1. The zero-order valence-electron chi connectivity index (χ0n) is 10.9. The molecular formula is C11H18N4O5. The van der Waals surface area contributed by atoms with Crippen LogP contribution in [0.4, 0.5) is 5.82 Å². The van der Waals surface area contributed by atoms with E-state index < -0.39 is 36.8 Å². The first-order valence-corrected chi connectivity index (χ1v) is 6.18. The smallest absolute Gasteiger partial charge is 0.351 e. The summed E-state index contributed by atoms with van der Waals surface area (Å²) >= 11 is 0. The minimum absolute atomic E-state index is 0.382. The number of aliphatic hydroxyl groups is 3. The lowest BCUT2D eigenvalue weighted by atomic mass is 10.1. The molecule has 9 nitrogen and oxygen atoms in total. The molecule has 20 heavy (non-hydrogen) atoms. The first kappa shape index (κ1) is 14.9. The summed E-state index contributed by atoms with van der Waals surface area (Å²) in [5.41, 5.74) is -0.624. The van der Waals surface area contributed by atoms with Crippen LogP contribution in [0.15, 0.2) is 17.1 Å². The Kier molecular flexibility index (Phi) is 4.68. The maximum absolute atomic E-state index is 11.9. The Morgan fingerprint density at radius 3 is 2.75 bits per heavy atom. The third kappa shape index (κ3) is 2.81. The van der Waals surface area contributed by atoms with Gasteiger partial charge in [-0.1, -0.05) is 0 Å². The van der Waals surface area contributed by atoms with Gasteiger partial charge in [0.25, 0.3) is 0 Å². The van der Waals surface area contributed by atoms with Gasteiger partial charge in [-0.05, 0) is 13.1 Å². The van der Waals surface area contributed by atoms with E-state index in [2.05, 4.69) is 15.6 Å². The number of aliphatic hydroxyl groups excluding tert-OH is 3. The molecule has 0 saturated carbocycles. The summed E-state index contributed by atoms with van der Waals surface area (Å²) in [7, 11) is 1.74. The first-order valence-electron chi connectivity index (χ1n) is 6.18. The maximum atomic E-state index is 11.9. The molecule has 0 bridgehead atoms. The molecule has 1 aliphatic rings. The molecule has 0 amide bonds. The van der Waals surface area contributed by atoms with Crippen LogP contribution in [0.1, 0.15) is 6.23 Å². The Balaban J connectivity index is 2.19. The molecule has 2 heterocycles. The van der Waals surface area contributed by atoms with Crippen LogP contribution in [0.3, 0.4) is 0 Å². The highest BCUT2D eigenvalue weighted by atomic mass is 16.6. The van der Waals surface area contributed by atoms with E-state index >= 15 is 0 Å². The molecule has 0 aliphatic carbocycles. The summed E-state index contributed by atoms with van der Waals surface area (Å²) in [5.74, 6) is 0.382. The molecule has 1 aromatic heterocycles. The third-order valence-corrected chi connectivity index (χ3v) is 3.07. The lowest BCUT2D eigenvalue weighted by molar-refractivity contribution is -0.0549. The molecule has 5 N–H and O–H groups in total. The highest BCUT2D eigenvalue weighted by Crippen LogP contribution is 2.27. The van der Waals surface area contributed by atoms with E-state index in [1.807, 2.05) is 0 Å². The van der Waals surface area contributed by atoms with Gasteiger partial charge in [-0.25, -0.2) is 4.79 Å². The van der Waals surface area contributed by atoms with Crippen LogP contribution in [0.2, 0.25) is 0 Å². The van der Waals surface area contributed by atoms with E-state index in [0.717, 1.165) is 4.57 Å². The molecule has 0 radical (unpaired) electrons. The number of ether oxygens (including phenoxy) is 1. The summed E-state index contributed by atoms with van der Waals surface area (Å²) in [4.78, 5) is 15.7. The fourth-order valence-electron chi connectivity index (χ4n) is 1.99. The fourth-order valence-corrected chi connectivity index (χ4v) is 1.99. The molecule has 9 heteroatoms. The van der Waals surface area contributed by atoms with Crippen molar-refractivity contribution < 1.29 is 20.1 Å². The van der Waals surface area contributed by atoms with E-state index in [1.165, 1.54) is 6.20 Å². The number of nitrogens with one attached hydrogen (secondary N) is 2. The van der Waals surface area contributed by atoms with Crippen molar-refractivity contribution in [1.29, 1.82) is 0 Å². The zero-order chi connectivity index (χ0) is 14.7. The lowest BCUT2D eigenvalue weighted by Gasteiger charge is -2.17. The van der Waals surface area contributed by atoms with Gasteiger partial charge in [0.05, 0.1) is 13.3 Å². The zero-order valence-corrected chi connectivity index (χ0v) is 10.9. The molecule has 2 rings (SSSR count). The van der Waals surface area contributed by atoms with Gasteiger partial charge in [-0.2, -0.15) is 4.98 Å². The number of hydrogen-bond acceptors (Lipinski definition) is 8. The van der Waals surface area contributed by atoms with Crippen molar-refractivity contribution >= 4 is 5.82 Å². The summed E-state index contributed by atoms with van der Waals surface area (Å²) in [6.45, 7) is 0.00300. The Hall–Kier alpha value is -1.52. The summed E-state index contributed by atoms with van der Waals surface area (Å²) < 4.78 is 6.34. The second kappa shape index (κ2) is 6.29. The molecule has 112 valence electrons. The van der Waals surface area contributed by atoms with Crippen molar-refractivity contribution in [3.05, 3.63) is 22.7 Å². The van der Waals surface area contributed by atoms with Crippen molar-refractivity contribution in [1.82, 2.24) is 14.9 Å².